The number of aromatic amines is 1. The smallest absolute Gasteiger partial charge is 0.398 e. The van der Waals surface area contributed by atoms with Gasteiger partial charge in [-0.25, -0.2) is 4.85 Å². The molecule has 20 heavy (non-hydrogen) atoms. The Hall–Kier alpha value is -1.84. The molecule has 2 heterocycles. The SMILES string of the molecule is [C-]#[N+]/C(C=N)=C/c1ccc(B2OC(C)(C)C(C)(C)O2)[nH]1. The number of rotatable bonds is 3. The van der Waals surface area contributed by atoms with Crippen LogP contribution in [-0.4, -0.2) is 29.5 Å². The monoisotopic (exact) mass is 271 g/mol. The van der Waals surface area contributed by atoms with Crippen LogP contribution in [0.15, 0.2) is 17.8 Å². The number of nitrogens with zero attached hydrogens (tertiary/aromatic N) is 1. The second-order valence-corrected chi connectivity index (χ2v) is 5.78. The van der Waals surface area contributed by atoms with E-state index in [0.717, 1.165) is 17.5 Å². The first kappa shape index (κ1) is 14.6. The van der Waals surface area contributed by atoms with Gasteiger partial charge in [-0.1, -0.05) is 0 Å². The maximum Gasteiger partial charge on any atom is 0.512 e. The predicted molar refractivity (Wildman–Crippen MR) is 79.9 cm³/mol. The number of allylic oxidation sites excluding steroid dienone is 1. The van der Waals surface area contributed by atoms with Gasteiger partial charge in [-0.05, 0) is 45.9 Å². The molecule has 2 rings (SSSR count). The Balaban J connectivity index is 2.22. The van der Waals surface area contributed by atoms with E-state index in [0.29, 0.717) is 0 Å². The molecule has 0 aromatic carbocycles. The van der Waals surface area contributed by atoms with Gasteiger partial charge in [0.2, 0.25) is 5.70 Å². The van der Waals surface area contributed by atoms with Crippen molar-refractivity contribution in [2.75, 3.05) is 0 Å². The number of H-pyrrole nitrogens is 1. The fourth-order valence-corrected chi connectivity index (χ4v) is 1.89. The first-order chi connectivity index (χ1) is 9.29. The van der Waals surface area contributed by atoms with Crippen molar-refractivity contribution in [2.45, 2.75) is 38.9 Å². The average molecular weight is 271 g/mol. The van der Waals surface area contributed by atoms with E-state index in [-0.39, 0.29) is 16.9 Å². The molecule has 1 fully saturated rings. The van der Waals surface area contributed by atoms with Gasteiger partial charge in [-0.15, -0.1) is 0 Å². The van der Waals surface area contributed by atoms with E-state index in [2.05, 4.69) is 9.83 Å². The number of nitrogens with one attached hydrogen (secondary N) is 2. The lowest BCUT2D eigenvalue weighted by atomic mass is 9.85. The Morgan fingerprint density at radius 1 is 1.30 bits per heavy atom. The summed E-state index contributed by atoms with van der Waals surface area (Å²) in [5.74, 6) is 0. The Morgan fingerprint density at radius 3 is 2.40 bits per heavy atom. The van der Waals surface area contributed by atoms with Crippen molar-refractivity contribution >= 4 is 25.0 Å². The lowest BCUT2D eigenvalue weighted by molar-refractivity contribution is 0.00578. The van der Waals surface area contributed by atoms with E-state index in [1.807, 2.05) is 39.8 Å². The molecule has 0 unspecified atom stereocenters. The van der Waals surface area contributed by atoms with Crippen LogP contribution in [0.1, 0.15) is 33.4 Å². The molecule has 1 saturated heterocycles. The molecular formula is C14H18BN3O2. The number of hydrogen-bond acceptors (Lipinski definition) is 3. The Bertz CT molecular complexity index is 580. The Morgan fingerprint density at radius 2 is 1.90 bits per heavy atom. The summed E-state index contributed by atoms with van der Waals surface area (Å²) in [6.45, 7) is 14.9. The van der Waals surface area contributed by atoms with Crippen molar-refractivity contribution < 1.29 is 9.31 Å². The second-order valence-electron chi connectivity index (χ2n) is 5.78. The molecule has 0 saturated carbocycles. The van der Waals surface area contributed by atoms with Gasteiger partial charge in [0.25, 0.3) is 0 Å². The molecule has 0 spiro atoms. The third-order valence-electron chi connectivity index (χ3n) is 3.82. The highest BCUT2D eigenvalue weighted by Gasteiger charge is 2.52. The van der Waals surface area contributed by atoms with Gasteiger partial charge < -0.3 is 19.7 Å². The molecule has 1 aromatic heterocycles. The molecule has 0 radical (unpaired) electrons. The lowest BCUT2D eigenvalue weighted by Crippen LogP contribution is -2.41. The summed E-state index contributed by atoms with van der Waals surface area (Å²) in [5, 5.41) is 7.12. The summed E-state index contributed by atoms with van der Waals surface area (Å²) >= 11 is 0. The second kappa shape index (κ2) is 4.93. The van der Waals surface area contributed by atoms with Gasteiger partial charge >= 0.3 is 7.12 Å². The maximum absolute atomic E-state index is 7.12. The van der Waals surface area contributed by atoms with Gasteiger partial charge in [0.05, 0.1) is 17.8 Å². The summed E-state index contributed by atoms with van der Waals surface area (Å²) in [4.78, 5) is 6.40. The zero-order valence-corrected chi connectivity index (χ0v) is 12.2. The highest BCUT2D eigenvalue weighted by molar-refractivity contribution is 6.61. The van der Waals surface area contributed by atoms with Crippen LogP contribution in [0, 0.1) is 12.0 Å². The fraction of sp³-hybridized carbons (Fsp3) is 0.429. The molecule has 0 bridgehead atoms. The van der Waals surface area contributed by atoms with E-state index in [1.165, 1.54) is 0 Å². The van der Waals surface area contributed by atoms with Crippen LogP contribution in [0.2, 0.25) is 0 Å². The van der Waals surface area contributed by atoms with Gasteiger partial charge in [-0.2, -0.15) is 0 Å². The fourth-order valence-electron chi connectivity index (χ4n) is 1.89. The molecule has 0 amide bonds. The molecule has 6 heteroatoms. The summed E-state index contributed by atoms with van der Waals surface area (Å²) in [6.07, 6.45) is 2.65. The molecule has 2 N–H and O–H groups in total. The first-order valence-corrected chi connectivity index (χ1v) is 6.43. The number of aromatic nitrogens is 1. The quantitative estimate of drug-likeness (QED) is 0.503. The first-order valence-electron chi connectivity index (χ1n) is 6.43. The van der Waals surface area contributed by atoms with Crippen molar-refractivity contribution in [1.29, 1.82) is 5.41 Å². The largest absolute Gasteiger partial charge is 0.512 e. The van der Waals surface area contributed by atoms with Gasteiger partial charge in [0.1, 0.15) is 0 Å². The molecular weight excluding hydrogens is 253 g/mol. The third-order valence-corrected chi connectivity index (χ3v) is 3.82. The van der Waals surface area contributed by atoms with Crippen LogP contribution < -0.4 is 5.59 Å². The molecule has 1 aromatic rings. The maximum atomic E-state index is 7.12. The van der Waals surface area contributed by atoms with E-state index in [9.17, 15) is 0 Å². The zero-order valence-electron chi connectivity index (χ0n) is 12.2. The third kappa shape index (κ3) is 2.55. The van der Waals surface area contributed by atoms with Gasteiger partial charge in [0, 0.05) is 17.5 Å². The highest BCUT2D eigenvalue weighted by Crippen LogP contribution is 2.36. The molecule has 0 atom stereocenters. The van der Waals surface area contributed by atoms with Crippen LogP contribution >= 0.6 is 0 Å². The summed E-state index contributed by atoms with van der Waals surface area (Å²) in [6, 6.07) is 3.72. The molecule has 1 aliphatic heterocycles. The van der Waals surface area contributed by atoms with Crippen molar-refractivity contribution in [1.82, 2.24) is 4.98 Å². The summed E-state index contributed by atoms with van der Waals surface area (Å²) in [5.41, 5.74) is 1.07. The Kier molecular flexibility index (Phi) is 3.59. The predicted octanol–water partition coefficient (Wildman–Crippen LogP) is 2.22. The molecule has 104 valence electrons. The van der Waals surface area contributed by atoms with Crippen molar-refractivity contribution in [3.8, 4) is 0 Å². The van der Waals surface area contributed by atoms with E-state index < -0.39 is 7.12 Å². The van der Waals surface area contributed by atoms with Gasteiger partial charge in [-0.3, -0.25) is 0 Å². The van der Waals surface area contributed by atoms with E-state index in [1.54, 1.807) is 6.08 Å². The Labute approximate surface area is 119 Å². The highest BCUT2D eigenvalue weighted by atomic mass is 16.7. The standard InChI is InChI=1S/C14H18BN3O2/c1-13(2)14(3,4)20-15(19-13)12-7-6-10(18-12)8-11(9-16)17-5/h6-9,16,18H,1-4H3/b11-8+,16-9?. The molecule has 5 nitrogen and oxygen atoms in total. The minimum Gasteiger partial charge on any atom is -0.398 e. The summed E-state index contributed by atoms with van der Waals surface area (Å²) < 4.78 is 11.9. The number of hydrogen-bond donors (Lipinski definition) is 2. The summed E-state index contributed by atoms with van der Waals surface area (Å²) in [7, 11) is -0.446. The minimum absolute atomic E-state index is 0.271. The van der Waals surface area contributed by atoms with E-state index in [4.69, 9.17) is 21.3 Å². The van der Waals surface area contributed by atoms with Crippen LogP contribution in [0.4, 0.5) is 0 Å². The van der Waals surface area contributed by atoms with Crippen molar-refractivity contribution in [3.05, 3.63) is 34.9 Å². The van der Waals surface area contributed by atoms with Crippen molar-refractivity contribution in [3.63, 3.8) is 0 Å². The normalized spacial score (nSPS) is 20.8. The topological polar surface area (TPSA) is 62.5 Å². The van der Waals surface area contributed by atoms with E-state index >= 15 is 0 Å². The van der Waals surface area contributed by atoms with Crippen LogP contribution in [-0.2, 0) is 9.31 Å². The van der Waals surface area contributed by atoms with Crippen LogP contribution in [0.5, 0.6) is 0 Å². The minimum atomic E-state index is -0.446. The molecule has 0 aliphatic carbocycles. The average Bonchev–Trinajstić information content (AvgIpc) is 2.90. The van der Waals surface area contributed by atoms with Crippen LogP contribution in [0.3, 0.4) is 0 Å². The van der Waals surface area contributed by atoms with Crippen molar-refractivity contribution in [2.24, 2.45) is 0 Å². The van der Waals surface area contributed by atoms with Crippen LogP contribution in [0.25, 0.3) is 10.9 Å². The zero-order chi connectivity index (χ0) is 15.0. The van der Waals surface area contributed by atoms with Gasteiger partial charge in [0.15, 0.2) is 0 Å². The molecule has 1 aliphatic rings. The lowest BCUT2D eigenvalue weighted by Gasteiger charge is -2.32.